The minimum atomic E-state index is 0.156. The lowest BCUT2D eigenvalue weighted by atomic mass is 9.95. The van der Waals surface area contributed by atoms with Gasteiger partial charge in [0.05, 0.1) is 21.5 Å². The van der Waals surface area contributed by atoms with Gasteiger partial charge in [-0.15, -0.1) is 0 Å². The molecule has 3 aliphatic heterocycles. The quantitative estimate of drug-likeness (QED) is 0.534. The number of hydrogen-bond acceptors (Lipinski definition) is 6. The third-order valence-electron chi connectivity index (χ3n) is 6.70. The van der Waals surface area contributed by atoms with E-state index in [1.54, 1.807) is 11.3 Å². The third kappa shape index (κ3) is 5.03. The standard InChI is InChI=1S/C26H28BrN5OS/c27-22-15-29-14-19-11-20(12-24(31-25(19)22)21-3-1-2-4-23(21)28)30-13-17-5-8-32(9-6-17)26(33)18-7-10-34-16-18/h1-4,7,10,12,15-17,19,30H,5-6,8-9,11,13-14,28H2/t19-/m0/s1. The highest BCUT2D eigenvalue weighted by molar-refractivity contribution is 9.12. The van der Waals surface area contributed by atoms with E-state index in [2.05, 4.69) is 32.3 Å². The zero-order valence-corrected chi connectivity index (χ0v) is 21.3. The van der Waals surface area contributed by atoms with E-state index in [0.29, 0.717) is 5.92 Å². The molecule has 3 aliphatic rings. The first kappa shape index (κ1) is 23.1. The van der Waals surface area contributed by atoms with Gasteiger partial charge in [-0.2, -0.15) is 11.3 Å². The molecule has 34 heavy (non-hydrogen) atoms. The Morgan fingerprint density at radius 3 is 2.82 bits per heavy atom. The number of nitrogens with zero attached hydrogens (tertiary/aromatic N) is 3. The smallest absolute Gasteiger partial charge is 0.254 e. The van der Waals surface area contributed by atoms with Gasteiger partial charge in [-0.1, -0.05) is 18.2 Å². The van der Waals surface area contributed by atoms with Crippen molar-refractivity contribution in [2.24, 2.45) is 21.8 Å². The lowest BCUT2D eigenvalue weighted by molar-refractivity contribution is 0.0691. The number of hydrogen-bond donors (Lipinski definition) is 2. The number of carbonyl (C=O) groups is 1. The van der Waals surface area contributed by atoms with Crippen LogP contribution in [0.15, 0.2) is 73.0 Å². The van der Waals surface area contributed by atoms with Gasteiger partial charge in [0.15, 0.2) is 0 Å². The largest absolute Gasteiger partial charge is 0.398 e. The molecule has 1 fully saturated rings. The summed E-state index contributed by atoms with van der Waals surface area (Å²) in [6, 6.07) is 9.79. The fourth-order valence-electron chi connectivity index (χ4n) is 4.74. The van der Waals surface area contributed by atoms with Crippen LogP contribution in [0.4, 0.5) is 5.69 Å². The van der Waals surface area contributed by atoms with Crippen LogP contribution < -0.4 is 11.1 Å². The van der Waals surface area contributed by atoms with Crippen LogP contribution in [0.1, 0.15) is 35.2 Å². The number of nitrogen functional groups attached to an aromatic ring is 1. The summed E-state index contributed by atoms with van der Waals surface area (Å²) in [7, 11) is 0. The molecule has 3 N–H and O–H groups in total. The van der Waals surface area contributed by atoms with Crippen LogP contribution in [0, 0.1) is 11.8 Å². The Balaban J connectivity index is 1.27. The maximum Gasteiger partial charge on any atom is 0.254 e. The van der Waals surface area contributed by atoms with Crippen LogP contribution in [0.2, 0.25) is 0 Å². The Bertz CT molecular complexity index is 1180. The molecule has 2 aromatic rings. The first-order chi connectivity index (χ1) is 16.6. The number of nitrogens with two attached hydrogens (primary N) is 1. The molecule has 4 heterocycles. The number of aliphatic imine (C=N–C) groups is 2. The van der Waals surface area contributed by atoms with E-state index in [4.69, 9.17) is 10.7 Å². The van der Waals surface area contributed by atoms with Gasteiger partial charge in [0, 0.05) is 60.6 Å². The van der Waals surface area contributed by atoms with E-state index < -0.39 is 0 Å². The fraction of sp³-hybridized carbons (Fsp3) is 0.346. The Hall–Kier alpha value is -2.71. The average molecular weight is 539 g/mol. The van der Waals surface area contributed by atoms with E-state index in [0.717, 1.165) is 83.8 Å². The molecule has 0 radical (unpaired) electrons. The Labute approximate surface area is 212 Å². The first-order valence-electron chi connectivity index (χ1n) is 11.7. The summed E-state index contributed by atoms with van der Waals surface area (Å²) < 4.78 is 0.938. The molecule has 1 atom stereocenters. The number of halogens is 1. The number of benzene rings is 1. The maximum atomic E-state index is 12.6. The van der Waals surface area contributed by atoms with Crippen molar-refractivity contribution < 1.29 is 4.79 Å². The van der Waals surface area contributed by atoms with Crippen molar-refractivity contribution in [3.63, 3.8) is 0 Å². The second-order valence-corrected chi connectivity index (χ2v) is 10.6. The second-order valence-electron chi connectivity index (χ2n) is 9.01. The molecular formula is C26H28BrN5OS. The molecule has 0 spiro atoms. The fourth-order valence-corrected chi connectivity index (χ4v) is 5.93. The zero-order chi connectivity index (χ0) is 23.5. The minimum absolute atomic E-state index is 0.156. The van der Waals surface area contributed by atoms with Gasteiger partial charge >= 0.3 is 0 Å². The van der Waals surface area contributed by atoms with Crippen molar-refractivity contribution in [2.75, 3.05) is 31.9 Å². The first-order valence-corrected chi connectivity index (χ1v) is 13.4. The summed E-state index contributed by atoms with van der Waals surface area (Å²) in [6.07, 6.45) is 6.87. The zero-order valence-electron chi connectivity index (χ0n) is 18.9. The number of nitrogens with one attached hydrogen (secondary N) is 1. The number of rotatable bonds is 5. The minimum Gasteiger partial charge on any atom is -0.398 e. The molecule has 176 valence electrons. The average Bonchev–Trinajstić information content (AvgIpc) is 3.32. The highest BCUT2D eigenvalue weighted by atomic mass is 79.9. The number of amides is 1. The molecule has 0 saturated carbocycles. The lowest BCUT2D eigenvalue weighted by Crippen LogP contribution is -2.40. The number of piperidine rings is 1. The van der Waals surface area contributed by atoms with Crippen LogP contribution >= 0.6 is 27.3 Å². The number of likely N-dealkylation sites (tertiary alicyclic amines) is 1. The highest BCUT2D eigenvalue weighted by Crippen LogP contribution is 2.33. The normalized spacial score (nSPS) is 21.0. The lowest BCUT2D eigenvalue weighted by Gasteiger charge is -2.32. The van der Waals surface area contributed by atoms with Crippen LogP contribution in [0.3, 0.4) is 0 Å². The maximum absolute atomic E-state index is 12.6. The number of fused-ring (bicyclic) bond motifs is 1. The molecule has 5 rings (SSSR count). The van der Waals surface area contributed by atoms with Crippen LogP contribution in [-0.4, -0.2) is 48.9 Å². The number of para-hydroxylation sites is 1. The van der Waals surface area contributed by atoms with Gasteiger partial charge in [-0.05, 0) is 64.7 Å². The van der Waals surface area contributed by atoms with Crippen molar-refractivity contribution in [1.82, 2.24) is 10.2 Å². The molecule has 1 aromatic carbocycles. The highest BCUT2D eigenvalue weighted by Gasteiger charge is 2.27. The molecular weight excluding hydrogens is 510 g/mol. The summed E-state index contributed by atoms with van der Waals surface area (Å²) in [4.78, 5) is 24.2. The predicted octanol–water partition coefficient (Wildman–Crippen LogP) is 4.86. The molecule has 0 bridgehead atoms. The molecule has 6 nitrogen and oxygen atoms in total. The Kier molecular flexibility index (Phi) is 6.97. The van der Waals surface area contributed by atoms with Gasteiger partial charge in [0.1, 0.15) is 0 Å². The van der Waals surface area contributed by atoms with E-state index in [1.807, 2.05) is 52.2 Å². The molecule has 0 unspecified atom stereocenters. The Morgan fingerprint density at radius 1 is 1.24 bits per heavy atom. The summed E-state index contributed by atoms with van der Waals surface area (Å²) in [6.45, 7) is 3.24. The van der Waals surface area contributed by atoms with E-state index in [9.17, 15) is 4.79 Å². The molecule has 1 aromatic heterocycles. The van der Waals surface area contributed by atoms with Crippen LogP contribution in [-0.2, 0) is 0 Å². The van der Waals surface area contributed by atoms with Gasteiger partial charge < -0.3 is 16.0 Å². The molecule has 1 amide bonds. The van der Waals surface area contributed by atoms with Gasteiger partial charge in [0.25, 0.3) is 5.91 Å². The van der Waals surface area contributed by atoms with Crippen LogP contribution in [0.5, 0.6) is 0 Å². The van der Waals surface area contributed by atoms with Gasteiger partial charge in [0.2, 0.25) is 0 Å². The topological polar surface area (TPSA) is 83.1 Å². The van der Waals surface area contributed by atoms with E-state index >= 15 is 0 Å². The SMILES string of the molecule is Nc1ccccc1C1=NC2=C(Br)C=NC[C@@H]2CC(NCC2CCN(C(=O)c3ccsc3)CC2)=C1. The monoisotopic (exact) mass is 537 g/mol. The Morgan fingerprint density at radius 2 is 2.06 bits per heavy atom. The molecule has 8 heteroatoms. The number of carbonyl (C=O) groups excluding carboxylic acids is 1. The van der Waals surface area contributed by atoms with Crippen LogP contribution in [0.25, 0.3) is 0 Å². The molecule has 0 aliphatic carbocycles. The summed E-state index contributed by atoms with van der Waals surface area (Å²) in [5.74, 6) is 0.915. The second kappa shape index (κ2) is 10.3. The number of anilines is 1. The van der Waals surface area contributed by atoms with Crippen molar-refractivity contribution in [1.29, 1.82) is 0 Å². The van der Waals surface area contributed by atoms with Gasteiger partial charge in [-0.25, -0.2) is 0 Å². The van der Waals surface area contributed by atoms with Gasteiger partial charge in [-0.3, -0.25) is 14.8 Å². The van der Waals surface area contributed by atoms with Crippen molar-refractivity contribution in [3.05, 3.63) is 74.2 Å². The molecule has 1 saturated heterocycles. The summed E-state index contributed by atoms with van der Waals surface area (Å²) in [5.41, 5.74) is 11.8. The predicted molar refractivity (Wildman–Crippen MR) is 144 cm³/mol. The van der Waals surface area contributed by atoms with E-state index in [1.165, 1.54) is 0 Å². The number of dihydropyridines is 1. The van der Waals surface area contributed by atoms with Crippen molar-refractivity contribution in [2.45, 2.75) is 19.3 Å². The number of allylic oxidation sites excluding steroid dienone is 3. The van der Waals surface area contributed by atoms with Crippen molar-refractivity contribution >= 4 is 50.8 Å². The third-order valence-corrected chi connectivity index (χ3v) is 8.00. The summed E-state index contributed by atoms with van der Waals surface area (Å²) >= 11 is 5.22. The number of thiophene rings is 1. The van der Waals surface area contributed by atoms with Crippen molar-refractivity contribution in [3.8, 4) is 0 Å². The van der Waals surface area contributed by atoms with E-state index in [-0.39, 0.29) is 11.8 Å². The summed E-state index contributed by atoms with van der Waals surface area (Å²) in [5, 5.41) is 7.61.